The van der Waals surface area contributed by atoms with E-state index in [1.54, 1.807) is 37.3 Å². The van der Waals surface area contributed by atoms with E-state index in [0.717, 1.165) is 17.1 Å². The number of hydrogen-bond acceptors (Lipinski definition) is 5. The number of carbonyl (C=O) groups is 3. The minimum Gasteiger partial charge on any atom is -0.545 e. The highest BCUT2D eigenvalue weighted by molar-refractivity contribution is 7.80. The summed E-state index contributed by atoms with van der Waals surface area (Å²) in [5.41, 5.74) is 4.17. The zero-order valence-corrected chi connectivity index (χ0v) is 20.1. The van der Waals surface area contributed by atoms with Crippen LogP contribution in [0.2, 0.25) is 5.02 Å². The molecule has 0 saturated carbocycles. The molecule has 0 atom stereocenters. The Bertz CT molecular complexity index is 1410. The molecule has 1 fully saturated rings. The van der Waals surface area contributed by atoms with Crippen LogP contribution in [0.25, 0.3) is 11.8 Å². The van der Waals surface area contributed by atoms with Gasteiger partial charge in [0.1, 0.15) is 5.57 Å². The number of carbonyl (C=O) groups excluding carboxylic acids is 3. The lowest BCUT2D eigenvalue weighted by Crippen LogP contribution is -2.54. The first-order valence-corrected chi connectivity index (χ1v) is 11.1. The van der Waals surface area contributed by atoms with E-state index in [9.17, 15) is 19.5 Å². The Kier molecular flexibility index (Phi) is 6.12. The number of anilines is 1. The minimum absolute atomic E-state index is 0.0176. The van der Waals surface area contributed by atoms with Gasteiger partial charge in [-0.15, -0.1) is 0 Å². The van der Waals surface area contributed by atoms with Crippen LogP contribution < -0.4 is 15.3 Å². The molecular weight excluding hydrogens is 474 g/mol. The Morgan fingerprint density at radius 1 is 1.09 bits per heavy atom. The van der Waals surface area contributed by atoms with E-state index in [4.69, 9.17) is 23.8 Å². The van der Waals surface area contributed by atoms with Crippen molar-refractivity contribution >= 4 is 58.5 Å². The number of carboxylic acid groups (broad SMARTS) is 1. The highest BCUT2D eigenvalue weighted by Gasteiger charge is 2.35. The van der Waals surface area contributed by atoms with E-state index >= 15 is 0 Å². The summed E-state index contributed by atoms with van der Waals surface area (Å²) in [5.74, 6) is -2.39. The summed E-state index contributed by atoms with van der Waals surface area (Å²) >= 11 is 11.5. The van der Waals surface area contributed by atoms with Crippen molar-refractivity contribution in [3.63, 3.8) is 0 Å². The molecule has 7 nitrogen and oxygen atoms in total. The van der Waals surface area contributed by atoms with E-state index in [1.165, 1.54) is 23.1 Å². The van der Waals surface area contributed by atoms with Crippen LogP contribution in [0.5, 0.6) is 0 Å². The molecule has 0 radical (unpaired) electrons. The first kappa shape index (κ1) is 23.4. The fourth-order valence-corrected chi connectivity index (χ4v) is 4.39. The van der Waals surface area contributed by atoms with Crippen LogP contribution in [0, 0.1) is 20.8 Å². The van der Waals surface area contributed by atoms with Gasteiger partial charge in [-0.05, 0) is 86.1 Å². The van der Waals surface area contributed by atoms with Crippen molar-refractivity contribution < 1.29 is 19.5 Å². The van der Waals surface area contributed by atoms with Crippen LogP contribution in [-0.2, 0) is 9.59 Å². The van der Waals surface area contributed by atoms with Crippen molar-refractivity contribution in [3.8, 4) is 5.69 Å². The van der Waals surface area contributed by atoms with Crippen LogP contribution in [0.1, 0.15) is 32.9 Å². The van der Waals surface area contributed by atoms with Crippen molar-refractivity contribution in [1.29, 1.82) is 0 Å². The highest BCUT2D eigenvalue weighted by atomic mass is 35.5. The SMILES string of the molecule is Cc1c(Cl)cccc1N1C(=O)/C(=C/c2cc(C)n(-c3ccc(C(=O)[O-])cc3)c2C)C(=O)NC1=S. The average Bonchev–Trinajstić information content (AvgIpc) is 3.06. The number of rotatable bonds is 4. The average molecular weight is 493 g/mol. The number of hydrogen-bond donors (Lipinski definition) is 1. The maximum absolute atomic E-state index is 13.4. The fraction of sp³-hybridized carbons (Fsp3) is 0.120. The van der Waals surface area contributed by atoms with E-state index in [-0.39, 0.29) is 16.2 Å². The second kappa shape index (κ2) is 8.89. The first-order valence-electron chi connectivity index (χ1n) is 10.3. The second-order valence-electron chi connectivity index (χ2n) is 7.84. The number of amides is 2. The molecule has 0 aliphatic carbocycles. The molecule has 1 aromatic heterocycles. The monoisotopic (exact) mass is 492 g/mol. The van der Waals surface area contributed by atoms with E-state index in [2.05, 4.69) is 5.32 Å². The molecule has 0 bridgehead atoms. The van der Waals surface area contributed by atoms with Gasteiger partial charge in [0.2, 0.25) is 0 Å². The second-order valence-corrected chi connectivity index (χ2v) is 8.63. The molecule has 9 heteroatoms. The lowest BCUT2D eigenvalue weighted by Gasteiger charge is -2.30. The molecule has 1 N–H and O–H groups in total. The number of aromatic nitrogens is 1. The molecule has 0 unspecified atom stereocenters. The van der Waals surface area contributed by atoms with Gasteiger partial charge in [0.05, 0.1) is 11.7 Å². The van der Waals surface area contributed by atoms with E-state index in [1.807, 2.05) is 24.5 Å². The number of aryl methyl sites for hydroxylation is 1. The molecule has 34 heavy (non-hydrogen) atoms. The number of carboxylic acids is 1. The van der Waals surface area contributed by atoms with E-state index < -0.39 is 17.8 Å². The fourth-order valence-electron chi connectivity index (χ4n) is 3.95. The molecule has 2 amide bonds. The summed E-state index contributed by atoms with van der Waals surface area (Å²) in [4.78, 5) is 38.4. The van der Waals surface area contributed by atoms with Crippen LogP contribution in [-0.4, -0.2) is 27.5 Å². The van der Waals surface area contributed by atoms with Gasteiger partial charge in [-0.25, -0.2) is 0 Å². The number of halogens is 1. The number of nitrogens with one attached hydrogen (secondary N) is 1. The van der Waals surface area contributed by atoms with Gasteiger partial charge in [0.25, 0.3) is 11.8 Å². The summed E-state index contributed by atoms with van der Waals surface area (Å²) in [5, 5.41) is 14.1. The maximum Gasteiger partial charge on any atom is 0.270 e. The molecular formula is C25H19ClN3O4S-. The van der Waals surface area contributed by atoms with Gasteiger partial charge in [-0.1, -0.05) is 29.8 Å². The smallest absolute Gasteiger partial charge is 0.270 e. The Balaban J connectivity index is 1.76. The summed E-state index contributed by atoms with van der Waals surface area (Å²) in [6.45, 7) is 5.49. The topological polar surface area (TPSA) is 94.5 Å². The molecule has 1 aliphatic heterocycles. The van der Waals surface area contributed by atoms with Gasteiger partial charge >= 0.3 is 0 Å². The first-order chi connectivity index (χ1) is 16.1. The van der Waals surface area contributed by atoms with Crippen LogP contribution in [0.4, 0.5) is 5.69 Å². The van der Waals surface area contributed by atoms with E-state index in [0.29, 0.717) is 21.8 Å². The summed E-state index contributed by atoms with van der Waals surface area (Å²) in [7, 11) is 0. The summed E-state index contributed by atoms with van der Waals surface area (Å²) < 4.78 is 1.90. The maximum atomic E-state index is 13.4. The number of nitrogens with zero attached hydrogens (tertiary/aromatic N) is 2. The number of thiocarbonyl (C=S) groups is 1. The standard InChI is InChI=1S/C25H20ClN3O4S/c1-13-11-17(15(3)28(13)18-9-7-16(8-10-18)24(32)33)12-19-22(30)27-25(34)29(23(19)31)21-6-4-5-20(26)14(21)2/h4-12H,1-3H3,(H,32,33)(H,27,30,34)/p-1/b19-12+. The Morgan fingerprint density at radius 2 is 1.76 bits per heavy atom. The molecule has 1 aliphatic rings. The predicted molar refractivity (Wildman–Crippen MR) is 132 cm³/mol. The summed E-state index contributed by atoms with van der Waals surface area (Å²) in [6.07, 6.45) is 1.53. The molecule has 2 aromatic carbocycles. The minimum atomic E-state index is -1.25. The van der Waals surface area contributed by atoms with Gasteiger partial charge in [0, 0.05) is 22.1 Å². The Morgan fingerprint density at radius 3 is 2.41 bits per heavy atom. The largest absolute Gasteiger partial charge is 0.545 e. The van der Waals surface area contributed by atoms with Crippen molar-refractivity contribution in [2.45, 2.75) is 20.8 Å². The van der Waals surface area contributed by atoms with Crippen molar-refractivity contribution in [2.24, 2.45) is 0 Å². The molecule has 3 aromatic rings. The summed E-state index contributed by atoms with van der Waals surface area (Å²) in [6, 6.07) is 13.2. The van der Waals surface area contributed by atoms with Crippen LogP contribution >= 0.6 is 23.8 Å². The third-order valence-electron chi connectivity index (χ3n) is 5.71. The zero-order chi connectivity index (χ0) is 24.7. The third-order valence-corrected chi connectivity index (χ3v) is 6.41. The molecule has 4 rings (SSSR count). The van der Waals surface area contributed by atoms with Crippen molar-refractivity contribution in [3.05, 3.63) is 87.2 Å². The van der Waals surface area contributed by atoms with Crippen molar-refractivity contribution in [1.82, 2.24) is 9.88 Å². The quantitative estimate of drug-likeness (QED) is 0.343. The molecule has 0 spiro atoms. The van der Waals surface area contributed by atoms with Gasteiger partial charge in [-0.3, -0.25) is 19.8 Å². The predicted octanol–water partition coefficient (Wildman–Crippen LogP) is 3.25. The Hall–Kier alpha value is -3.75. The highest BCUT2D eigenvalue weighted by Crippen LogP contribution is 2.30. The molecule has 1 saturated heterocycles. The van der Waals surface area contributed by atoms with Gasteiger partial charge in [0.15, 0.2) is 5.11 Å². The zero-order valence-electron chi connectivity index (χ0n) is 18.5. The van der Waals surface area contributed by atoms with Crippen LogP contribution in [0.15, 0.2) is 54.1 Å². The number of benzene rings is 2. The molecule has 2 heterocycles. The normalized spacial score (nSPS) is 15.1. The lowest BCUT2D eigenvalue weighted by atomic mass is 10.1. The molecule has 172 valence electrons. The lowest BCUT2D eigenvalue weighted by molar-refractivity contribution is -0.255. The van der Waals surface area contributed by atoms with Crippen molar-refractivity contribution in [2.75, 3.05) is 4.90 Å². The number of aromatic carboxylic acids is 1. The third kappa shape index (κ3) is 4.02. The van der Waals surface area contributed by atoms with Crippen LogP contribution in [0.3, 0.4) is 0 Å². The van der Waals surface area contributed by atoms with Gasteiger partial charge < -0.3 is 14.5 Å². The van der Waals surface area contributed by atoms with Gasteiger partial charge in [-0.2, -0.15) is 0 Å². The Labute approximate surface area is 206 Å².